The van der Waals surface area contributed by atoms with Crippen LogP contribution in [0.25, 0.3) is 0 Å². The Morgan fingerprint density at radius 2 is 1.93 bits per heavy atom. The maximum Gasteiger partial charge on any atom is 0.241 e. The minimum Gasteiger partial charge on any atom is -0.497 e. The fraction of sp³-hybridized carbons (Fsp3) is 0.250. The molecule has 1 unspecified atom stereocenters. The van der Waals surface area contributed by atoms with Crippen molar-refractivity contribution >= 4 is 11.6 Å². The Morgan fingerprint density at radius 3 is 2.70 bits per heavy atom. The first-order chi connectivity index (χ1) is 14.7. The molecule has 1 aliphatic heterocycles. The SMILES string of the molecule is COc1ccc(CN2CCCC2C(=O)Nc2ccccc2Oc2cccnc2)cc1. The van der Waals surface area contributed by atoms with Crippen LogP contribution in [0.5, 0.6) is 17.2 Å². The van der Waals surface area contributed by atoms with Crippen LogP contribution in [0, 0.1) is 0 Å². The van der Waals surface area contributed by atoms with Gasteiger partial charge in [-0.2, -0.15) is 0 Å². The van der Waals surface area contributed by atoms with E-state index in [1.807, 2.05) is 60.7 Å². The first kappa shape index (κ1) is 19.9. The Hall–Kier alpha value is -3.38. The van der Waals surface area contributed by atoms with Gasteiger partial charge >= 0.3 is 0 Å². The number of carbonyl (C=O) groups excluding carboxylic acids is 1. The first-order valence-corrected chi connectivity index (χ1v) is 10.1. The van der Waals surface area contributed by atoms with Crippen LogP contribution in [0.2, 0.25) is 0 Å². The summed E-state index contributed by atoms with van der Waals surface area (Å²) in [4.78, 5) is 19.4. The van der Waals surface area contributed by atoms with Gasteiger partial charge in [0.25, 0.3) is 0 Å². The second-order valence-corrected chi connectivity index (χ2v) is 7.25. The molecule has 0 saturated carbocycles. The first-order valence-electron chi connectivity index (χ1n) is 10.1. The number of amides is 1. The minimum absolute atomic E-state index is 0.0109. The lowest BCUT2D eigenvalue weighted by atomic mass is 10.1. The summed E-state index contributed by atoms with van der Waals surface area (Å²) in [5, 5.41) is 3.06. The zero-order valence-corrected chi connectivity index (χ0v) is 17.0. The molecule has 0 aliphatic carbocycles. The van der Waals surface area contributed by atoms with E-state index in [-0.39, 0.29) is 11.9 Å². The highest BCUT2D eigenvalue weighted by molar-refractivity contribution is 5.96. The Kier molecular flexibility index (Phi) is 6.25. The zero-order valence-electron chi connectivity index (χ0n) is 17.0. The van der Waals surface area contributed by atoms with Crippen molar-refractivity contribution in [2.24, 2.45) is 0 Å². The van der Waals surface area contributed by atoms with Crippen molar-refractivity contribution in [1.82, 2.24) is 9.88 Å². The monoisotopic (exact) mass is 403 g/mol. The average molecular weight is 403 g/mol. The third-order valence-electron chi connectivity index (χ3n) is 5.22. The van der Waals surface area contributed by atoms with E-state index >= 15 is 0 Å². The van der Waals surface area contributed by atoms with Gasteiger partial charge < -0.3 is 14.8 Å². The van der Waals surface area contributed by atoms with Crippen LogP contribution in [0.4, 0.5) is 5.69 Å². The molecule has 3 aromatic rings. The van der Waals surface area contributed by atoms with E-state index in [4.69, 9.17) is 9.47 Å². The number of methoxy groups -OCH3 is 1. The molecular weight excluding hydrogens is 378 g/mol. The number of anilines is 1. The molecule has 4 rings (SSSR count). The van der Waals surface area contributed by atoms with E-state index < -0.39 is 0 Å². The predicted octanol–water partition coefficient (Wildman–Crippen LogP) is 4.49. The van der Waals surface area contributed by atoms with Gasteiger partial charge in [0.1, 0.15) is 11.5 Å². The van der Waals surface area contributed by atoms with Crippen LogP contribution >= 0.6 is 0 Å². The number of rotatable bonds is 7. The minimum atomic E-state index is -0.168. The van der Waals surface area contributed by atoms with Crippen LogP contribution in [0.3, 0.4) is 0 Å². The Labute approximate surface area is 176 Å². The molecule has 0 radical (unpaired) electrons. The summed E-state index contributed by atoms with van der Waals surface area (Å²) < 4.78 is 11.1. The molecule has 1 saturated heterocycles. The van der Waals surface area contributed by atoms with Crippen molar-refractivity contribution < 1.29 is 14.3 Å². The van der Waals surface area contributed by atoms with Gasteiger partial charge in [-0.05, 0) is 61.3 Å². The molecule has 154 valence electrons. The van der Waals surface area contributed by atoms with E-state index in [9.17, 15) is 4.79 Å². The van der Waals surface area contributed by atoms with E-state index in [1.54, 1.807) is 19.5 Å². The van der Waals surface area contributed by atoms with Gasteiger partial charge in [-0.3, -0.25) is 14.7 Å². The van der Waals surface area contributed by atoms with Gasteiger partial charge in [-0.15, -0.1) is 0 Å². The Balaban J connectivity index is 1.44. The van der Waals surface area contributed by atoms with Crippen molar-refractivity contribution in [3.05, 3.63) is 78.6 Å². The molecule has 6 heteroatoms. The van der Waals surface area contributed by atoms with Gasteiger partial charge in [0, 0.05) is 12.7 Å². The number of carbonyl (C=O) groups is 1. The van der Waals surface area contributed by atoms with Crippen molar-refractivity contribution in [3.8, 4) is 17.2 Å². The second kappa shape index (κ2) is 9.41. The van der Waals surface area contributed by atoms with Crippen molar-refractivity contribution in [1.29, 1.82) is 0 Å². The molecule has 2 heterocycles. The summed E-state index contributed by atoms with van der Waals surface area (Å²) >= 11 is 0. The molecule has 1 amide bonds. The quantitative estimate of drug-likeness (QED) is 0.630. The number of aromatic nitrogens is 1. The lowest BCUT2D eigenvalue weighted by Gasteiger charge is -2.24. The van der Waals surface area contributed by atoms with E-state index in [2.05, 4.69) is 15.2 Å². The number of ether oxygens (including phenoxy) is 2. The van der Waals surface area contributed by atoms with E-state index in [0.29, 0.717) is 17.2 Å². The lowest BCUT2D eigenvalue weighted by molar-refractivity contribution is -0.120. The molecule has 1 N–H and O–H groups in total. The third kappa shape index (κ3) is 4.78. The van der Waals surface area contributed by atoms with Crippen LogP contribution in [-0.4, -0.2) is 35.5 Å². The summed E-state index contributed by atoms with van der Waals surface area (Å²) in [7, 11) is 1.66. The third-order valence-corrected chi connectivity index (χ3v) is 5.22. The normalized spacial score (nSPS) is 16.2. The van der Waals surface area contributed by atoms with Crippen LogP contribution in [-0.2, 0) is 11.3 Å². The maximum atomic E-state index is 13.1. The van der Waals surface area contributed by atoms with Crippen molar-refractivity contribution in [2.75, 3.05) is 19.0 Å². The maximum absolute atomic E-state index is 13.1. The molecule has 30 heavy (non-hydrogen) atoms. The highest BCUT2D eigenvalue weighted by Gasteiger charge is 2.31. The van der Waals surface area contributed by atoms with Crippen molar-refractivity contribution in [2.45, 2.75) is 25.4 Å². The highest BCUT2D eigenvalue weighted by atomic mass is 16.5. The van der Waals surface area contributed by atoms with E-state index in [1.165, 1.54) is 0 Å². The number of hydrogen-bond acceptors (Lipinski definition) is 5. The van der Waals surface area contributed by atoms with Crippen molar-refractivity contribution in [3.63, 3.8) is 0 Å². The van der Waals surface area contributed by atoms with Crippen LogP contribution in [0.15, 0.2) is 73.1 Å². The highest BCUT2D eigenvalue weighted by Crippen LogP contribution is 2.30. The molecule has 0 bridgehead atoms. The van der Waals surface area contributed by atoms with E-state index in [0.717, 1.165) is 37.2 Å². The van der Waals surface area contributed by atoms with Crippen LogP contribution < -0.4 is 14.8 Å². The molecule has 1 aromatic heterocycles. The van der Waals surface area contributed by atoms with Gasteiger partial charge in [0.2, 0.25) is 5.91 Å². The zero-order chi connectivity index (χ0) is 20.8. The molecular formula is C24H25N3O3. The predicted molar refractivity (Wildman–Crippen MR) is 116 cm³/mol. The molecule has 0 spiro atoms. The standard InChI is InChI=1S/C24H25N3O3/c1-29-19-12-10-18(11-13-19)17-27-15-5-8-22(27)24(28)26-21-7-2-3-9-23(21)30-20-6-4-14-25-16-20/h2-4,6-7,9-14,16,22H,5,8,15,17H2,1H3,(H,26,28). The fourth-order valence-electron chi connectivity index (χ4n) is 3.69. The molecule has 1 atom stereocenters. The number of pyridine rings is 1. The number of para-hydroxylation sites is 2. The number of nitrogens with zero attached hydrogens (tertiary/aromatic N) is 2. The Morgan fingerprint density at radius 1 is 1.10 bits per heavy atom. The summed E-state index contributed by atoms with van der Waals surface area (Å²) in [6, 6.07) is 18.9. The summed E-state index contributed by atoms with van der Waals surface area (Å²) in [6.07, 6.45) is 5.18. The molecule has 1 fully saturated rings. The second-order valence-electron chi connectivity index (χ2n) is 7.25. The van der Waals surface area contributed by atoms with Gasteiger partial charge in [0.05, 0.1) is 25.0 Å². The van der Waals surface area contributed by atoms with Gasteiger partial charge in [-0.1, -0.05) is 24.3 Å². The topological polar surface area (TPSA) is 63.7 Å². The van der Waals surface area contributed by atoms with Gasteiger partial charge in [0.15, 0.2) is 5.75 Å². The molecule has 6 nitrogen and oxygen atoms in total. The fourth-order valence-corrected chi connectivity index (χ4v) is 3.69. The lowest BCUT2D eigenvalue weighted by Crippen LogP contribution is -2.39. The molecule has 2 aromatic carbocycles. The summed E-state index contributed by atoms with van der Waals surface area (Å²) in [5.41, 5.74) is 1.82. The van der Waals surface area contributed by atoms with Gasteiger partial charge in [-0.25, -0.2) is 0 Å². The van der Waals surface area contributed by atoms with Crippen LogP contribution in [0.1, 0.15) is 18.4 Å². The smallest absolute Gasteiger partial charge is 0.241 e. The number of likely N-dealkylation sites (tertiary alicyclic amines) is 1. The largest absolute Gasteiger partial charge is 0.497 e. The number of nitrogens with one attached hydrogen (secondary N) is 1. The number of benzene rings is 2. The summed E-state index contributed by atoms with van der Waals surface area (Å²) in [6.45, 7) is 1.63. The Bertz CT molecular complexity index is 977. The molecule has 1 aliphatic rings. The summed E-state index contributed by atoms with van der Waals surface area (Å²) in [5.74, 6) is 2.04. The average Bonchev–Trinajstić information content (AvgIpc) is 3.25. The number of hydrogen-bond donors (Lipinski definition) is 1.